The van der Waals surface area contributed by atoms with Crippen LogP contribution in [0.5, 0.6) is 11.5 Å². The summed E-state index contributed by atoms with van der Waals surface area (Å²) in [7, 11) is 0. The minimum absolute atomic E-state index is 0.0647. The number of Topliss-reactive ketones (excluding diaryl/α,β-unsaturated/α-hetero) is 1. The highest BCUT2D eigenvalue weighted by Gasteiger charge is 2.28. The van der Waals surface area contributed by atoms with Gasteiger partial charge in [0.05, 0.1) is 18.6 Å². The predicted octanol–water partition coefficient (Wildman–Crippen LogP) is 3.33. The van der Waals surface area contributed by atoms with Gasteiger partial charge >= 0.3 is 11.9 Å². The number of nitrogens with one attached hydrogen (secondary N) is 1. The zero-order valence-corrected chi connectivity index (χ0v) is 19.6. The summed E-state index contributed by atoms with van der Waals surface area (Å²) in [6.45, 7) is 2.31. The molecule has 0 bridgehead atoms. The lowest BCUT2D eigenvalue weighted by Crippen LogP contribution is -2.22. The molecule has 1 aromatic carbocycles. The Hall–Kier alpha value is -3.40. The number of hydrogen-bond donors (Lipinski definition) is 1. The van der Waals surface area contributed by atoms with E-state index in [1.807, 2.05) is 0 Å². The third-order valence-corrected chi connectivity index (χ3v) is 6.65. The fourth-order valence-electron chi connectivity index (χ4n) is 3.87. The molecule has 2 aromatic rings. The normalized spacial score (nSPS) is 13.7. The highest BCUT2D eigenvalue weighted by Crippen LogP contribution is 2.39. The highest BCUT2D eigenvalue weighted by molar-refractivity contribution is 7.17. The largest absolute Gasteiger partial charge is 0.486 e. The van der Waals surface area contributed by atoms with Gasteiger partial charge in [-0.15, -0.1) is 11.3 Å². The molecule has 9 nitrogen and oxygen atoms in total. The van der Waals surface area contributed by atoms with Crippen LogP contribution in [0.4, 0.5) is 5.00 Å². The second-order valence-corrected chi connectivity index (χ2v) is 8.88. The molecule has 2 aliphatic rings. The molecule has 34 heavy (non-hydrogen) atoms. The minimum atomic E-state index is -0.666. The summed E-state index contributed by atoms with van der Waals surface area (Å²) in [5.41, 5.74) is 1.73. The van der Waals surface area contributed by atoms with Crippen molar-refractivity contribution in [3.05, 3.63) is 39.8 Å². The minimum Gasteiger partial charge on any atom is -0.486 e. The van der Waals surface area contributed by atoms with Gasteiger partial charge in [0.1, 0.15) is 18.2 Å². The van der Waals surface area contributed by atoms with E-state index in [0.29, 0.717) is 40.8 Å². The zero-order valence-electron chi connectivity index (χ0n) is 18.8. The van der Waals surface area contributed by atoms with Crippen molar-refractivity contribution < 1.29 is 38.1 Å². The third kappa shape index (κ3) is 5.39. The Labute approximate surface area is 200 Å². The first-order valence-corrected chi connectivity index (χ1v) is 12.0. The Morgan fingerprint density at radius 2 is 1.82 bits per heavy atom. The molecule has 0 fully saturated rings. The Balaban J connectivity index is 1.26. The number of carbonyl (C=O) groups excluding carboxylic acids is 4. The fraction of sp³-hybridized carbons (Fsp3) is 0.417. The summed E-state index contributed by atoms with van der Waals surface area (Å²) in [6, 6.07) is 4.87. The van der Waals surface area contributed by atoms with Crippen molar-refractivity contribution in [3.63, 3.8) is 0 Å². The van der Waals surface area contributed by atoms with E-state index >= 15 is 0 Å². The van der Waals surface area contributed by atoms with E-state index < -0.39 is 24.5 Å². The molecule has 2 heterocycles. The summed E-state index contributed by atoms with van der Waals surface area (Å²) >= 11 is 1.35. The van der Waals surface area contributed by atoms with Crippen LogP contribution in [-0.2, 0) is 31.9 Å². The van der Waals surface area contributed by atoms with E-state index in [1.165, 1.54) is 11.3 Å². The van der Waals surface area contributed by atoms with Gasteiger partial charge < -0.3 is 24.3 Å². The Morgan fingerprint density at radius 1 is 1.03 bits per heavy atom. The summed E-state index contributed by atoms with van der Waals surface area (Å²) in [5, 5.41) is 3.08. The Bertz CT molecular complexity index is 1120. The van der Waals surface area contributed by atoms with E-state index in [-0.39, 0.29) is 25.2 Å². The number of benzene rings is 1. The molecule has 1 aromatic heterocycles. The number of amides is 1. The molecular weight excluding hydrogens is 462 g/mol. The quantitative estimate of drug-likeness (QED) is 0.423. The van der Waals surface area contributed by atoms with E-state index in [9.17, 15) is 19.2 Å². The van der Waals surface area contributed by atoms with Gasteiger partial charge in [0.25, 0.3) is 5.91 Å². The summed E-state index contributed by atoms with van der Waals surface area (Å²) in [6.07, 6.45) is 2.36. The molecule has 4 rings (SSSR count). The molecule has 0 atom stereocenters. The van der Waals surface area contributed by atoms with E-state index in [4.69, 9.17) is 18.9 Å². The molecular formula is C24H25NO8S. The molecule has 0 saturated heterocycles. The maximum atomic E-state index is 12.4. The molecule has 0 spiro atoms. The van der Waals surface area contributed by atoms with Gasteiger partial charge in [-0.1, -0.05) is 0 Å². The van der Waals surface area contributed by atoms with E-state index in [1.54, 1.807) is 25.1 Å². The molecule has 1 amide bonds. The smallest absolute Gasteiger partial charge is 0.341 e. The molecule has 1 aliphatic carbocycles. The second-order valence-electron chi connectivity index (χ2n) is 7.77. The van der Waals surface area contributed by atoms with Crippen molar-refractivity contribution in [1.82, 2.24) is 0 Å². The molecule has 0 saturated carbocycles. The van der Waals surface area contributed by atoms with Crippen LogP contribution in [0.25, 0.3) is 0 Å². The molecule has 0 unspecified atom stereocenters. The summed E-state index contributed by atoms with van der Waals surface area (Å²) in [5.74, 6) is -0.858. The van der Waals surface area contributed by atoms with Crippen LogP contribution < -0.4 is 14.8 Å². The number of anilines is 1. The van der Waals surface area contributed by atoms with Gasteiger partial charge in [-0.2, -0.15) is 0 Å². The fourth-order valence-corrected chi connectivity index (χ4v) is 5.16. The van der Waals surface area contributed by atoms with Gasteiger partial charge in [0.15, 0.2) is 23.9 Å². The number of fused-ring (bicyclic) bond motifs is 2. The highest BCUT2D eigenvalue weighted by atomic mass is 32.1. The molecule has 180 valence electrons. The first-order valence-electron chi connectivity index (χ1n) is 11.2. The predicted molar refractivity (Wildman–Crippen MR) is 123 cm³/mol. The van der Waals surface area contributed by atoms with E-state index in [2.05, 4.69) is 5.32 Å². The number of carbonyl (C=O) groups is 4. The van der Waals surface area contributed by atoms with Crippen molar-refractivity contribution in [1.29, 1.82) is 0 Å². The average Bonchev–Trinajstić information content (AvgIpc) is 3.41. The number of aryl methyl sites for hydroxylation is 1. The maximum absolute atomic E-state index is 12.4. The molecule has 0 radical (unpaired) electrons. The van der Waals surface area contributed by atoms with Gasteiger partial charge in [-0.3, -0.25) is 14.4 Å². The zero-order chi connectivity index (χ0) is 24.1. The Kier molecular flexibility index (Phi) is 7.46. The first kappa shape index (κ1) is 23.7. The summed E-state index contributed by atoms with van der Waals surface area (Å²) < 4.78 is 21.1. The molecule has 10 heteroatoms. The van der Waals surface area contributed by atoms with Crippen LogP contribution in [0.1, 0.15) is 57.3 Å². The lowest BCUT2D eigenvalue weighted by molar-refractivity contribution is -0.147. The number of rotatable bonds is 9. The van der Waals surface area contributed by atoms with Crippen LogP contribution in [0.3, 0.4) is 0 Å². The van der Waals surface area contributed by atoms with Gasteiger partial charge in [0.2, 0.25) is 0 Å². The van der Waals surface area contributed by atoms with Crippen molar-refractivity contribution in [3.8, 4) is 11.5 Å². The maximum Gasteiger partial charge on any atom is 0.341 e. The van der Waals surface area contributed by atoms with Crippen molar-refractivity contribution in [2.75, 3.05) is 31.7 Å². The molecule has 1 N–H and O–H groups in total. The number of esters is 2. The van der Waals surface area contributed by atoms with Crippen LogP contribution in [0.15, 0.2) is 18.2 Å². The third-order valence-electron chi connectivity index (χ3n) is 5.44. The lowest BCUT2D eigenvalue weighted by atomic mass is 10.1. The number of ether oxygens (including phenoxy) is 4. The Morgan fingerprint density at radius 3 is 2.62 bits per heavy atom. The lowest BCUT2D eigenvalue weighted by Gasteiger charge is -2.18. The SMILES string of the molecule is CCOC(=O)c1c(NC(=O)COC(=O)CCC(=O)c2ccc3c(c2)OCCO3)sc2c1CCC2. The first-order chi connectivity index (χ1) is 16.5. The second kappa shape index (κ2) is 10.7. The van der Waals surface area contributed by atoms with Crippen molar-refractivity contribution in [2.24, 2.45) is 0 Å². The topological polar surface area (TPSA) is 117 Å². The summed E-state index contributed by atoms with van der Waals surface area (Å²) in [4.78, 5) is 50.3. The van der Waals surface area contributed by atoms with Gasteiger partial charge in [-0.05, 0) is 49.9 Å². The average molecular weight is 488 g/mol. The monoisotopic (exact) mass is 487 g/mol. The van der Waals surface area contributed by atoms with Crippen LogP contribution in [0.2, 0.25) is 0 Å². The molecule has 1 aliphatic heterocycles. The van der Waals surface area contributed by atoms with E-state index in [0.717, 1.165) is 29.7 Å². The van der Waals surface area contributed by atoms with Crippen LogP contribution in [0, 0.1) is 0 Å². The number of ketones is 1. The van der Waals surface area contributed by atoms with Crippen LogP contribution in [-0.4, -0.2) is 50.1 Å². The van der Waals surface area contributed by atoms with Gasteiger partial charge in [0, 0.05) is 16.9 Å². The standard InChI is InChI=1S/C24H25NO8S/c1-2-30-24(29)22-15-4-3-5-19(15)34-23(22)25-20(27)13-33-21(28)9-7-16(26)14-6-8-17-18(12-14)32-11-10-31-17/h6,8,12H,2-5,7,9-11,13H2,1H3,(H,25,27). The van der Waals surface area contributed by atoms with Crippen molar-refractivity contribution >= 4 is 40.0 Å². The van der Waals surface area contributed by atoms with Crippen LogP contribution >= 0.6 is 11.3 Å². The number of thiophene rings is 1. The van der Waals surface area contributed by atoms with Crippen molar-refractivity contribution in [2.45, 2.75) is 39.0 Å². The van der Waals surface area contributed by atoms with Gasteiger partial charge in [-0.25, -0.2) is 4.79 Å². The number of hydrogen-bond acceptors (Lipinski definition) is 9.